The largest absolute Gasteiger partial charge is 0.478 e. The first-order valence-corrected chi connectivity index (χ1v) is 11.4. The van der Waals surface area contributed by atoms with Crippen molar-refractivity contribution in [1.29, 1.82) is 0 Å². The smallest absolute Gasteiger partial charge is 0.410 e. The second kappa shape index (κ2) is 12.9. The summed E-state index contributed by atoms with van der Waals surface area (Å²) in [7, 11) is 1.35. The van der Waals surface area contributed by atoms with Crippen molar-refractivity contribution in [3.05, 3.63) is 108 Å². The molecule has 1 unspecified atom stereocenters. The molecule has 0 aliphatic carbocycles. The molecule has 0 radical (unpaired) electrons. The van der Waals surface area contributed by atoms with Crippen LogP contribution in [0.15, 0.2) is 91.0 Å². The molecule has 0 aliphatic heterocycles. The molecule has 3 rings (SSSR count). The van der Waals surface area contributed by atoms with Gasteiger partial charge in [0.1, 0.15) is 0 Å². The average Bonchev–Trinajstić information content (AvgIpc) is 2.89. The number of nitrogens with zero attached hydrogens (tertiary/aromatic N) is 1. The number of rotatable bonds is 11. The summed E-state index contributed by atoms with van der Waals surface area (Å²) in [4.78, 5) is 51.1. The van der Waals surface area contributed by atoms with Gasteiger partial charge in [0.15, 0.2) is 5.78 Å². The third-order valence-electron chi connectivity index (χ3n) is 5.50. The molecule has 2 atom stereocenters. The molecule has 0 saturated heterocycles. The minimum absolute atomic E-state index is 0.00648. The summed E-state index contributed by atoms with van der Waals surface area (Å²) in [5.74, 6) is -2.12. The summed E-state index contributed by atoms with van der Waals surface area (Å²) < 4.78 is 5.17. The number of carboxylic acid groups (broad SMARTS) is 1. The third-order valence-corrected chi connectivity index (χ3v) is 5.50. The lowest BCUT2D eigenvalue weighted by Crippen LogP contribution is -2.47. The summed E-state index contributed by atoms with van der Waals surface area (Å²) in [5.41, 5.74) is 1.94. The van der Waals surface area contributed by atoms with Crippen molar-refractivity contribution in [3.63, 3.8) is 0 Å². The van der Waals surface area contributed by atoms with E-state index in [9.17, 15) is 24.3 Å². The normalized spacial score (nSPS) is 12.1. The minimum atomic E-state index is -1.41. The molecule has 8 nitrogen and oxygen atoms in total. The third kappa shape index (κ3) is 7.80. The number of carbonyl (C=O) groups excluding carboxylic acids is 3. The zero-order valence-corrected chi connectivity index (χ0v) is 19.9. The van der Waals surface area contributed by atoms with Gasteiger partial charge in [-0.05, 0) is 29.7 Å². The van der Waals surface area contributed by atoms with Gasteiger partial charge in [-0.2, -0.15) is 0 Å². The van der Waals surface area contributed by atoms with Crippen LogP contribution in [0.25, 0.3) is 0 Å². The Hall–Kier alpha value is -4.46. The Bertz CT molecular complexity index is 1170. The highest BCUT2D eigenvalue weighted by Gasteiger charge is 2.28. The summed E-state index contributed by atoms with van der Waals surface area (Å²) in [6.45, 7) is -0.372. The van der Waals surface area contributed by atoms with Crippen LogP contribution in [0.2, 0.25) is 0 Å². The van der Waals surface area contributed by atoms with Gasteiger partial charge in [-0.1, -0.05) is 78.9 Å². The highest BCUT2D eigenvalue weighted by Crippen LogP contribution is 2.10. The topological polar surface area (TPSA) is 113 Å². The lowest BCUT2D eigenvalue weighted by molar-refractivity contribution is -0.147. The first-order valence-electron chi connectivity index (χ1n) is 11.4. The van der Waals surface area contributed by atoms with Gasteiger partial charge in [-0.3, -0.25) is 9.59 Å². The number of hydrogen-bond donors (Lipinski definition) is 2. The van der Waals surface area contributed by atoms with E-state index in [4.69, 9.17) is 4.74 Å². The lowest BCUT2D eigenvalue weighted by atomic mass is 10.0. The van der Waals surface area contributed by atoms with Crippen molar-refractivity contribution in [2.45, 2.75) is 25.0 Å². The summed E-state index contributed by atoms with van der Waals surface area (Å²) in [6.07, 6.45) is -2.13. The molecule has 186 valence electrons. The molecule has 3 aromatic carbocycles. The fraction of sp³-hybridized carbons (Fsp3) is 0.214. The first kappa shape index (κ1) is 26.2. The molecule has 2 amide bonds. The van der Waals surface area contributed by atoms with Gasteiger partial charge in [-0.15, -0.1) is 0 Å². The zero-order valence-electron chi connectivity index (χ0n) is 19.9. The molecule has 0 saturated carbocycles. The molecule has 0 aliphatic rings. The lowest BCUT2D eigenvalue weighted by Gasteiger charge is -2.23. The van der Waals surface area contributed by atoms with Gasteiger partial charge < -0.3 is 20.1 Å². The fourth-order valence-electron chi connectivity index (χ4n) is 3.55. The van der Waals surface area contributed by atoms with Crippen molar-refractivity contribution in [2.24, 2.45) is 0 Å². The van der Waals surface area contributed by atoms with Crippen molar-refractivity contribution in [1.82, 2.24) is 10.2 Å². The van der Waals surface area contributed by atoms with E-state index in [2.05, 4.69) is 5.32 Å². The van der Waals surface area contributed by atoms with Crippen molar-refractivity contribution < 1.29 is 29.0 Å². The number of nitrogens with one attached hydrogen (secondary N) is 1. The maximum atomic E-state index is 13.2. The Balaban J connectivity index is 1.67. The Morgan fingerprint density at radius 3 is 1.83 bits per heavy atom. The highest BCUT2D eigenvalue weighted by molar-refractivity contribution is 5.98. The summed E-state index contributed by atoms with van der Waals surface area (Å²) in [6, 6.07) is 25.6. The van der Waals surface area contributed by atoms with E-state index >= 15 is 0 Å². The van der Waals surface area contributed by atoms with E-state index < -0.39 is 35.9 Å². The number of likely N-dealkylation sites (N-methyl/N-ethyl adjacent to an activating group) is 1. The van der Waals surface area contributed by atoms with Crippen LogP contribution in [0.3, 0.4) is 0 Å². The minimum Gasteiger partial charge on any atom is -0.478 e. The van der Waals surface area contributed by atoms with Crippen LogP contribution in [-0.4, -0.2) is 59.5 Å². The average molecular weight is 489 g/mol. The van der Waals surface area contributed by atoms with Gasteiger partial charge >= 0.3 is 12.1 Å². The second-order valence-corrected chi connectivity index (χ2v) is 8.30. The van der Waals surface area contributed by atoms with Crippen LogP contribution in [0.1, 0.15) is 21.5 Å². The molecular weight excluding hydrogens is 460 g/mol. The van der Waals surface area contributed by atoms with Crippen LogP contribution < -0.4 is 5.32 Å². The van der Waals surface area contributed by atoms with E-state index in [1.54, 1.807) is 60.7 Å². The van der Waals surface area contributed by atoms with E-state index in [1.165, 1.54) is 7.05 Å². The fourth-order valence-corrected chi connectivity index (χ4v) is 3.55. The maximum Gasteiger partial charge on any atom is 0.410 e. The number of ketones is 1. The molecule has 8 heteroatoms. The van der Waals surface area contributed by atoms with E-state index in [-0.39, 0.29) is 19.4 Å². The maximum absolute atomic E-state index is 13.2. The number of benzene rings is 3. The molecule has 36 heavy (non-hydrogen) atoms. The van der Waals surface area contributed by atoms with Crippen LogP contribution in [0.4, 0.5) is 4.79 Å². The molecule has 0 bridgehead atoms. The van der Waals surface area contributed by atoms with E-state index in [1.807, 2.05) is 30.3 Å². The quantitative estimate of drug-likeness (QED) is 0.428. The van der Waals surface area contributed by atoms with Gasteiger partial charge in [-0.25, -0.2) is 9.59 Å². The van der Waals surface area contributed by atoms with Crippen LogP contribution in [0, 0.1) is 0 Å². The molecule has 2 N–H and O–H groups in total. The number of aliphatic carboxylic acids is 1. The number of Topliss-reactive ketones (excluding diaryl/α,β-unsaturated/α-hetero) is 1. The Labute approximate surface area is 209 Å². The second-order valence-electron chi connectivity index (χ2n) is 8.30. The number of amides is 2. The number of hydrogen-bond acceptors (Lipinski definition) is 5. The van der Waals surface area contributed by atoms with Gasteiger partial charge in [0.05, 0.1) is 12.6 Å². The molecule has 3 aromatic rings. The highest BCUT2D eigenvalue weighted by atomic mass is 16.6. The van der Waals surface area contributed by atoms with Crippen LogP contribution in [0.5, 0.6) is 0 Å². The number of ether oxygens (including phenoxy) is 1. The number of carbonyl (C=O) groups is 4. The standard InChI is InChI=1S/C28H28N2O6/c1-30(28(35)36-25(27(33)34)18-21-13-7-3-8-14-21)19-24(31)23(17-20-11-5-2-6-12-20)29-26(32)22-15-9-4-10-16-22/h2-16,23,25H,17-19H2,1H3,(H,29,32)(H,33,34)/t23?,25-/m0/s1. The van der Waals surface area contributed by atoms with Crippen LogP contribution in [-0.2, 0) is 27.2 Å². The molecule has 0 fully saturated rings. The molecular formula is C28H28N2O6. The van der Waals surface area contributed by atoms with E-state index in [0.717, 1.165) is 10.5 Å². The van der Waals surface area contributed by atoms with Gasteiger partial charge in [0, 0.05) is 19.0 Å². The Morgan fingerprint density at radius 1 is 0.806 bits per heavy atom. The Kier molecular flexibility index (Phi) is 9.33. The monoisotopic (exact) mass is 488 g/mol. The van der Waals surface area contributed by atoms with E-state index in [0.29, 0.717) is 11.1 Å². The summed E-state index contributed by atoms with van der Waals surface area (Å²) >= 11 is 0. The molecule has 0 aromatic heterocycles. The molecule has 0 spiro atoms. The van der Waals surface area contributed by atoms with Crippen LogP contribution >= 0.6 is 0 Å². The van der Waals surface area contributed by atoms with Crippen molar-refractivity contribution >= 4 is 23.8 Å². The first-order chi connectivity index (χ1) is 17.3. The SMILES string of the molecule is CN(CC(=O)C(Cc1ccccc1)NC(=O)c1ccccc1)C(=O)O[C@@H](Cc1ccccc1)C(=O)O. The van der Waals surface area contributed by atoms with Crippen molar-refractivity contribution in [2.75, 3.05) is 13.6 Å². The molecule has 0 heterocycles. The Morgan fingerprint density at radius 2 is 1.31 bits per heavy atom. The zero-order chi connectivity index (χ0) is 25.9. The predicted molar refractivity (Wildman–Crippen MR) is 134 cm³/mol. The van der Waals surface area contributed by atoms with Gasteiger partial charge in [0.2, 0.25) is 6.10 Å². The van der Waals surface area contributed by atoms with Gasteiger partial charge in [0.25, 0.3) is 5.91 Å². The predicted octanol–water partition coefficient (Wildman–Crippen LogP) is 3.36. The number of carboxylic acids is 1. The van der Waals surface area contributed by atoms with Crippen molar-refractivity contribution in [3.8, 4) is 0 Å². The summed E-state index contributed by atoms with van der Waals surface area (Å²) in [5, 5.41) is 12.3.